The van der Waals surface area contributed by atoms with Gasteiger partial charge in [-0.15, -0.1) is 0 Å². The predicted molar refractivity (Wildman–Crippen MR) is 51.1 cm³/mol. The molecule has 0 aliphatic heterocycles. The number of hydrogen-bond donors (Lipinski definition) is 0. The van der Waals surface area contributed by atoms with Crippen LogP contribution in [0.3, 0.4) is 0 Å². The molecule has 1 aromatic carbocycles. The van der Waals surface area contributed by atoms with Gasteiger partial charge in [0.2, 0.25) is 5.82 Å². The maximum Gasteiger partial charge on any atom is 0.206 e. The highest BCUT2D eigenvalue weighted by molar-refractivity contribution is 7.22. The van der Waals surface area contributed by atoms with Crippen LogP contribution in [0.15, 0.2) is 0 Å². The topological polar surface area (TPSA) is 22.1 Å². The van der Waals surface area contributed by atoms with Gasteiger partial charge < -0.3 is 4.74 Å². The summed E-state index contributed by atoms with van der Waals surface area (Å²) in [5, 5.41) is 0. The Morgan fingerprint density at radius 1 is 1.20 bits per heavy atom. The van der Waals surface area contributed by atoms with Crippen LogP contribution in [0.1, 0.15) is 0 Å². The molecule has 2 nitrogen and oxygen atoms in total. The third kappa shape index (κ3) is 1.44. The van der Waals surface area contributed by atoms with Crippen LogP contribution in [0.2, 0.25) is 4.47 Å². The number of aromatic nitrogens is 1. The third-order valence-corrected chi connectivity index (χ3v) is 2.96. The summed E-state index contributed by atoms with van der Waals surface area (Å²) in [5.41, 5.74) is -0.416. The zero-order chi connectivity index (χ0) is 11.2. The number of fused-ring (bicyclic) bond motifs is 1. The van der Waals surface area contributed by atoms with E-state index < -0.39 is 28.7 Å². The van der Waals surface area contributed by atoms with Crippen molar-refractivity contribution in [2.75, 3.05) is 7.11 Å². The summed E-state index contributed by atoms with van der Waals surface area (Å²) in [6.45, 7) is 0. The average Bonchev–Trinajstić information content (AvgIpc) is 2.58. The first kappa shape index (κ1) is 10.5. The van der Waals surface area contributed by atoms with E-state index in [1.165, 1.54) is 0 Å². The Morgan fingerprint density at radius 3 is 2.47 bits per heavy atom. The molecule has 1 aromatic heterocycles. The van der Waals surface area contributed by atoms with Crippen molar-refractivity contribution >= 4 is 33.2 Å². The van der Waals surface area contributed by atoms with Crippen molar-refractivity contribution in [2.45, 2.75) is 0 Å². The van der Waals surface area contributed by atoms with E-state index in [1.54, 1.807) is 0 Å². The summed E-state index contributed by atoms with van der Waals surface area (Å²) >= 11 is 6.21. The molecule has 0 unspecified atom stereocenters. The molecule has 0 saturated carbocycles. The molecule has 15 heavy (non-hydrogen) atoms. The molecule has 2 aromatic rings. The second kappa shape index (κ2) is 3.53. The molecule has 0 aliphatic rings. The highest BCUT2D eigenvalue weighted by atomic mass is 35.5. The number of thiazole rings is 1. The van der Waals surface area contributed by atoms with Crippen LogP contribution in [-0.4, -0.2) is 12.1 Å². The van der Waals surface area contributed by atoms with E-state index in [2.05, 4.69) is 9.72 Å². The molecular weight excluding hydrogens is 251 g/mol. The highest BCUT2D eigenvalue weighted by Crippen LogP contribution is 2.36. The molecule has 0 aliphatic carbocycles. The maximum absolute atomic E-state index is 13.5. The van der Waals surface area contributed by atoms with Crippen molar-refractivity contribution in [3.8, 4) is 5.75 Å². The molecule has 0 atom stereocenters. The molecular formula is C8H3ClF3NOS. The second-order valence-electron chi connectivity index (χ2n) is 2.62. The zero-order valence-corrected chi connectivity index (χ0v) is 8.85. The third-order valence-electron chi connectivity index (χ3n) is 1.80. The molecule has 1 heterocycles. The maximum atomic E-state index is 13.5. The minimum absolute atomic E-state index is 0.0598. The van der Waals surface area contributed by atoms with Crippen LogP contribution < -0.4 is 4.74 Å². The number of benzene rings is 1. The van der Waals surface area contributed by atoms with Crippen molar-refractivity contribution in [2.24, 2.45) is 0 Å². The number of nitrogens with zero attached hydrogens (tertiary/aromatic N) is 1. The number of hydrogen-bond acceptors (Lipinski definition) is 3. The standard InChI is InChI=1S/C8H3ClF3NOS/c1-14-6-3(11)2(10)5-7(4(6)12)15-8(9)13-5/h1H3. The summed E-state index contributed by atoms with van der Waals surface area (Å²) in [6, 6.07) is 0. The lowest BCUT2D eigenvalue weighted by atomic mass is 10.3. The van der Waals surface area contributed by atoms with Crippen LogP contribution in [0.4, 0.5) is 13.2 Å². The van der Waals surface area contributed by atoms with Crippen LogP contribution in [0.25, 0.3) is 10.2 Å². The molecule has 0 amide bonds. The van der Waals surface area contributed by atoms with Crippen molar-refractivity contribution in [1.82, 2.24) is 4.98 Å². The van der Waals surface area contributed by atoms with Crippen LogP contribution in [0, 0.1) is 17.5 Å². The van der Waals surface area contributed by atoms with Crippen molar-refractivity contribution in [3.63, 3.8) is 0 Å². The average molecular weight is 254 g/mol. The number of ether oxygens (including phenoxy) is 1. The highest BCUT2D eigenvalue weighted by Gasteiger charge is 2.23. The van der Waals surface area contributed by atoms with Gasteiger partial charge in [-0.2, -0.15) is 4.39 Å². The van der Waals surface area contributed by atoms with Gasteiger partial charge in [-0.05, 0) is 0 Å². The van der Waals surface area contributed by atoms with Gasteiger partial charge in [-0.1, -0.05) is 22.9 Å². The fourth-order valence-corrected chi connectivity index (χ4v) is 2.21. The first-order chi connectivity index (χ1) is 7.06. The normalized spacial score (nSPS) is 11.0. The molecule has 0 saturated heterocycles. The number of methoxy groups -OCH3 is 1. The minimum atomic E-state index is -1.40. The fourth-order valence-electron chi connectivity index (χ4n) is 1.17. The second-order valence-corrected chi connectivity index (χ2v) is 4.20. The Hall–Kier alpha value is -1.01. The fraction of sp³-hybridized carbons (Fsp3) is 0.125. The van der Waals surface area contributed by atoms with Gasteiger partial charge in [-0.25, -0.2) is 13.8 Å². The lowest BCUT2D eigenvalue weighted by Gasteiger charge is -2.04. The van der Waals surface area contributed by atoms with Crippen LogP contribution in [0.5, 0.6) is 5.75 Å². The molecule has 2 rings (SSSR count). The first-order valence-corrected chi connectivity index (χ1v) is 4.92. The summed E-state index contributed by atoms with van der Waals surface area (Å²) in [6.07, 6.45) is 0. The van der Waals surface area contributed by atoms with E-state index >= 15 is 0 Å². The zero-order valence-electron chi connectivity index (χ0n) is 7.28. The van der Waals surface area contributed by atoms with Gasteiger partial charge in [0.1, 0.15) is 5.52 Å². The summed E-state index contributed by atoms with van der Waals surface area (Å²) in [4.78, 5) is 3.48. The SMILES string of the molecule is COc1c(F)c(F)c2nc(Cl)sc2c1F. The molecule has 0 radical (unpaired) electrons. The van der Waals surface area contributed by atoms with E-state index in [0.29, 0.717) is 0 Å². The van der Waals surface area contributed by atoms with E-state index in [9.17, 15) is 13.2 Å². The van der Waals surface area contributed by atoms with Gasteiger partial charge in [0.15, 0.2) is 21.9 Å². The minimum Gasteiger partial charge on any atom is -0.491 e. The Balaban J connectivity index is 2.94. The smallest absolute Gasteiger partial charge is 0.206 e. The Kier molecular flexibility index (Phi) is 2.47. The summed E-state index contributed by atoms with van der Waals surface area (Å²) in [5.74, 6) is -4.41. The van der Waals surface area contributed by atoms with Gasteiger partial charge >= 0.3 is 0 Å². The molecule has 0 bridgehead atoms. The molecule has 0 N–H and O–H groups in total. The van der Waals surface area contributed by atoms with Crippen molar-refractivity contribution in [3.05, 3.63) is 21.9 Å². The number of rotatable bonds is 1. The molecule has 7 heteroatoms. The van der Waals surface area contributed by atoms with Gasteiger partial charge in [0, 0.05) is 0 Å². The lowest BCUT2D eigenvalue weighted by molar-refractivity contribution is 0.351. The van der Waals surface area contributed by atoms with Gasteiger partial charge in [0.25, 0.3) is 0 Å². The number of halogens is 4. The molecule has 0 fully saturated rings. The monoisotopic (exact) mass is 253 g/mol. The Bertz CT molecular complexity index is 542. The summed E-state index contributed by atoms with van der Waals surface area (Å²) < 4.78 is 44.2. The van der Waals surface area contributed by atoms with E-state index in [4.69, 9.17) is 11.6 Å². The molecule has 0 spiro atoms. The summed E-state index contributed by atoms with van der Waals surface area (Å²) in [7, 11) is 1.05. The Labute approximate surface area is 91.3 Å². The van der Waals surface area contributed by atoms with E-state index in [1.807, 2.05) is 0 Å². The van der Waals surface area contributed by atoms with Gasteiger partial charge in [0.05, 0.1) is 11.8 Å². The lowest BCUT2D eigenvalue weighted by Crippen LogP contribution is -1.97. The van der Waals surface area contributed by atoms with Gasteiger partial charge in [-0.3, -0.25) is 0 Å². The van der Waals surface area contributed by atoms with E-state index in [0.717, 1.165) is 18.4 Å². The van der Waals surface area contributed by atoms with Crippen LogP contribution >= 0.6 is 22.9 Å². The van der Waals surface area contributed by atoms with Crippen LogP contribution in [-0.2, 0) is 0 Å². The first-order valence-electron chi connectivity index (χ1n) is 3.72. The quantitative estimate of drug-likeness (QED) is 0.727. The predicted octanol–water partition coefficient (Wildman–Crippen LogP) is 3.38. The largest absolute Gasteiger partial charge is 0.491 e. The van der Waals surface area contributed by atoms with Crippen molar-refractivity contribution in [1.29, 1.82) is 0 Å². The van der Waals surface area contributed by atoms with E-state index in [-0.39, 0.29) is 9.17 Å². The Morgan fingerprint density at radius 2 is 1.87 bits per heavy atom. The molecule has 80 valence electrons. The van der Waals surface area contributed by atoms with Crippen molar-refractivity contribution < 1.29 is 17.9 Å².